The van der Waals surface area contributed by atoms with E-state index in [4.69, 9.17) is 0 Å². The Labute approximate surface area is 126 Å². The van der Waals surface area contributed by atoms with Gasteiger partial charge in [0.25, 0.3) is 10.0 Å². The highest BCUT2D eigenvalue weighted by atomic mass is 79.9. The van der Waals surface area contributed by atoms with Crippen LogP contribution in [0.15, 0.2) is 36.9 Å². The van der Waals surface area contributed by atoms with Crippen LogP contribution in [0.3, 0.4) is 0 Å². The number of nitrogens with one attached hydrogen (secondary N) is 1. The van der Waals surface area contributed by atoms with Crippen molar-refractivity contribution in [3.8, 4) is 0 Å². The van der Waals surface area contributed by atoms with Gasteiger partial charge in [0.1, 0.15) is 10.0 Å². The maximum atomic E-state index is 12.0. The Morgan fingerprint density at radius 1 is 1.33 bits per heavy atom. The van der Waals surface area contributed by atoms with Gasteiger partial charge in [0.15, 0.2) is 0 Å². The molecule has 2 rings (SSSR count). The minimum absolute atomic E-state index is 0.247. The fourth-order valence-corrected chi connectivity index (χ4v) is 4.45. The SMILES string of the molecule is Cc1cc(NS(=O)(=O)c2ccc(Br)s2)ncc1Br. The number of aryl methyl sites for hydroxylation is 1. The van der Waals surface area contributed by atoms with Crippen molar-refractivity contribution in [2.45, 2.75) is 11.1 Å². The number of hydrogen-bond donors (Lipinski definition) is 1. The van der Waals surface area contributed by atoms with Gasteiger partial charge in [-0.2, -0.15) is 0 Å². The first-order chi connectivity index (χ1) is 8.38. The van der Waals surface area contributed by atoms with E-state index in [2.05, 4.69) is 41.6 Å². The average Bonchev–Trinajstić information content (AvgIpc) is 2.71. The molecule has 0 atom stereocenters. The van der Waals surface area contributed by atoms with Gasteiger partial charge in [0.2, 0.25) is 0 Å². The second-order valence-corrected chi connectivity index (χ2v) is 8.71. The molecule has 0 aliphatic heterocycles. The van der Waals surface area contributed by atoms with E-state index in [9.17, 15) is 8.42 Å². The monoisotopic (exact) mass is 410 g/mol. The van der Waals surface area contributed by atoms with Crippen molar-refractivity contribution >= 4 is 59.0 Å². The largest absolute Gasteiger partial charge is 0.272 e. The van der Waals surface area contributed by atoms with Crippen molar-refractivity contribution < 1.29 is 8.42 Å². The quantitative estimate of drug-likeness (QED) is 0.835. The lowest BCUT2D eigenvalue weighted by atomic mass is 10.3. The molecule has 0 bridgehead atoms. The van der Waals surface area contributed by atoms with Crippen LogP contribution in [0.2, 0.25) is 0 Å². The molecule has 0 unspecified atom stereocenters. The summed E-state index contributed by atoms with van der Waals surface area (Å²) >= 11 is 7.70. The van der Waals surface area contributed by atoms with Gasteiger partial charge in [-0.1, -0.05) is 0 Å². The van der Waals surface area contributed by atoms with Gasteiger partial charge in [0, 0.05) is 10.7 Å². The number of pyridine rings is 1. The maximum Gasteiger partial charge on any atom is 0.272 e. The Balaban J connectivity index is 2.30. The number of aromatic nitrogens is 1. The van der Waals surface area contributed by atoms with Gasteiger partial charge >= 0.3 is 0 Å². The molecule has 0 saturated carbocycles. The number of thiophene rings is 1. The van der Waals surface area contributed by atoms with Crippen LogP contribution in [0.25, 0.3) is 0 Å². The van der Waals surface area contributed by atoms with Crippen molar-refractivity contribution in [2.75, 3.05) is 4.72 Å². The third kappa shape index (κ3) is 3.11. The third-order valence-electron chi connectivity index (χ3n) is 2.10. The number of nitrogens with zero attached hydrogens (tertiary/aromatic N) is 1. The second-order valence-electron chi connectivity index (χ2n) is 3.48. The summed E-state index contributed by atoms with van der Waals surface area (Å²) < 4.78 is 28.4. The summed E-state index contributed by atoms with van der Waals surface area (Å²) in [7, 11) is -3.56. The highest BCUT2D eigenvalue weighted by molar-refractivity contribution is 9.11. The molecule has 18 heavy (non-hydrogen) atoms. The Morgan fingerprint density at radius 3 is 2.61 bits per heavy atom. The van der Waals surface area contributed by atoms with Gasteiger partial charge in [-0.3, -0.25) is 4.72 Å². The summed E-state index contributed by atoms with van der Waals surface area (Å²) in [6, 6.07) is 4.91. The van der Waals surface area contributed by atoms with E-state index >= 15 is 0 Å². The molecule has 0 spiro atoms. The van der Waals surface area contributed by atoms with Crippen LogP contribution in [-0.4, -0.2) is 13.4 Å². The van der Waals surface area contributed by atoms with Crippen LogP contribution < -0.4 is 4.72 Å². The predicted octanol–water partition coefficient (Wildman–Crippen LogP) is 3.78. The Morgan fingerprint density at radius 2 is 2.06 bits per heavy atom. The van der Waals surface area contributed by atoms with Crippen molar-refractivity contribution in [3.63, 3.8) is 0 Å². The van der Waals surface area contributed by atoms with E-state index in [1.54, 1.807) is 24.4 Å². The molecule has 0 fully saturated rings. The van der Waals surface area contributed by atoms with Crippen LogP contribution in [-0.2, 0) is 10.0 Å². The summed E-state index contributed by atoms with van der Waals surface area (Å²) in [6.45, 7) is 1.87. The Hall–Kier alpha value is -0.440. The second kappa shape index (κ2) is 5.28. The molecule has 0 saturated heterocycles. The number of hydrogen-bond acceptors (Lipinski definition) is 4. The topological polar surface area (TPSA) is 59.1 Å². The molecule has 8 heteroatoms. The fraction of sp³-hybridized carbons (Fsp3) is 0.100. The zero-order valence-electron chi connectivity index (χ0n) is 9.15. The van der Waals surface area contributed by atoms with Crippen LogP contribution in [0, 0.1) is 6.92 Å². The number of sulfonamides is 1. The molecule has 2 aromatic rings. The molecular weight excluding hydrogens is 404 g/mol. The first-order valence-corrected chi connectivity index (χ1v) is 8.67. The molecular formula is C10H8Br2N2O2S2. The van der Waals surface area contributed by atoms with Crippen LogP contribution in [0.5, 0.6) is 0 Å². The van der Waals surface area contributed by atoms with E-state index in [1.165, 1.54) is 0 Å². The van der Waals surface area contributed by atoms with Crippen LogP contribution in [0.1, 0.15) is 5.56 Å². The zero-order valence-corrected chi connectivity index (χ0v) is 14.0. The lowest BCUT2D eigenvalue weighted by Crippen LogP contribution is -2.12. The van der Waals surface area contributed by atoms with Crippen LogP contribution in [0.4, 0.5) is 5.82 Å². The summed E-state index contributed by atoms with van der Waals surface area (Å²) in [6.07, 6.45) is 1.57. The van der Waals surface area contributed by atoms with Crippen LogP contribution >= 0.6 is 43.2 Å². The molecule has 0 aliphatic rings. The first kappa shape index (κ1) is 14.0. The summed E-state index contributed by atoms with van der Waals surface area (Å²) in [5.41, 5.74) is 0.912. The molecule has 4 nitrogen and oxygen atoms in total. The Bertz CT molecular complexity index is 683. The maximum absolute atomic E-state index is 12.0. The van der Waals surface area contributed by atoms with Crippen molar-refractivity contribution in [1.82, 2.24) is 4.98 Å². The smallest absolute Gasteiger partial charge is 0.263 e. The van der Waals surface area contributed by atoms with Crippen molar-refractivity contribution in [3.05, 3.63) is 38.2 Å². The standard InChI is InChI=1S/C10H8Br2N2O2S2/c1-6-4-9(13-5-7(6)11)14-18(15,16)10-3-2-8(12)17-10/h2-5H,1H3,(H,13,14). The number of anilines is 1. The minimum atomic E-state index is -3.56. The minimum Gasteiger partial charge on any atom is -0.263 e. The summed E-state index contributed by atoms with van der Waals surface area (Å²) in [5.74, 6) is 0.306. The van der Waals surface area contributed by atoms with Gasteiger partial charge in [-0.05, 0) is 62.5 Å². The fourth-order valence-electron chi connectivity index (χ4n) is 1.23. The first-order valence-electron chi connectivity index (χ1n) is 4.79. The van der Waals surface area contributed by atoms with E-state index in [-0.39, 0.29) is 4.21 Å². The molecule has 0 amide bonds. The molecule has 1 N–H and O–H groups in total. The van der Waals surface area contributed by atoms with Gasteiger partial charge in [-0.25, -0.2) is 13.4 Å². The van der Waals surface area contributed by atoms with Gasteiger partial charge < -0.3 is 0 Å². The van der Waals surface area contributed by atoms with Crippen molar-refractivity contribution in [1.29, 1.82) is 0 Å². The van der Waals surface area contributed by atoms with Gasteiger partial charge in [0.05, 0.1) is 3.79 Å². The van der Waals surface area contributed by atoms with E-state index in [0.29, 0.717) is 5.82 Å². The van der Waals surface area contributed by atoms with E-state index < -0.39 is 10.0 Å². The molecule has 96 valence electrons. The number of rotatable bonds is 3. The molecule has 2 aromatic heterocycles. The molecule has 0 radical (unpaired) electrons. The van der Waals surface area contributed by atoms with Crippen molar-refractivity contribution in [2.24, 2.45) is 0 Å². The highest BCUT2D eigenvalue weighted by Crippen LogP contribution is 2.27. The summed E-state index contributed by atoms with van der Waals surface area (Å²) in [5, 5.41) is 0. The molecule has 0 aliphatic carbocycles. The molecule has 0 aromatic carbocycles. The lowest BCUT2D eigenvalue weighted by Gasteiger charge is -2.06. The third-order valence-corrected chi connectivity index (χ3v) is 6.40. The average molecular weight is 412 g/mol. The molecule has 2 heterocycles. The predicted molar refractivity (Wildman–Crippen MR) is 79.5 cm³/mol. The van der Waals surface area contributed by atoms with E-state index in [1.807, 2.05) is 6.92 Å². The normalized spacial score (nSPS) is 11.5. The summed E-state index contributed by atoms with van der Waals surface area (Å²) in [4.78, 5) is 4.01. The highest BCUT2D eigenvalue weighted by Gasteiger charge is 2.17. The Kier molecular flexibility index (Phi) is 4.10. The van der Waals surface area contributed by atoms with Gasteiger partial charge in [-0.15, -0.1) is 11.3 Å². The lowest BCUT2D eigenvalue weighted by molar-refractivity contribution is 0.603. The van der Waals surface area contributed by atoms with E-state index in [0.717, 1.165) is 25.2 Å². The number of halogens is 2. The zero-order chi connectivity index (χ0) is 13.3.